The molecule has 0 aromatic rings. The Morgan fingerprint density at radius 3 is 2.29 bits per heavy atom. The van der Waals surface area contributed by atoms with Crippen molar-refractivity contribution in [2.45, 2.75) is 46.6 Å². The van der Waals surface area contributed by atoms with Crippen LogP contribution in [0.1, 0.15) is 40.5 Å². The molecule has 3 nitrogen and oxygen atoms in total. The molecular formula is C11H23NO2. The molecule has 0 aromatic heterocycles. The van der Waals surface area contributed by atoms with Crippen LogP contribution in [-0.4, -0.2) is 23.7 Å². The maximum absolute atomic E-state index is 11.5. The third-order valence-corrected chi connectivity index (χ3v) is 2.51. The summed E-state index contributed by atoms with van der Waals surface area (Å²) in [6, 6.07) is 0. The van der Waals surface area contributed by atoms with Crippen LogP contribution in [0.4, 0.5) is 0 Å². The van der Waals surface area contributed by atoms with Crippen LogP contribution in [-0.2, 0) is 4.79 Å². The van der Waals surface area contributed by atoms with Crippen molar-refractivity contribution < 1.29 is 9.90 Å². The lowest BCUT2D eigenvalue weighted by Gasteiger charge is -2.15. The van der Waals surface area contributed by atoms with Crippen LogP contribution in [0, 0.1) is 11.8 Å². The van der Waals surface area contributed by atoms with Crippen LogP contribution in [0.3, 0.4) is 0 Å². The van der Waals surface area contributed by atoms with Gasteiger partial charge in [-0.2, -0.15) is 0 Å². The van der Waals surface area contributed by atoms with Crippen molar-refractivity contribution in [3.8, 4) is 0 Å². The summed E-state index contributed by atoms with van der Waals surface area (Å²) in [5.74, 6) is 0.568. The number of amides is 1. The molecule has 0 heterocycles. The number of rotatable bonds is 6. The number of nitrogens with one attached hydrogen (secondary N) is 1. The maximum atomic E-state index is 11.5. The van der Waals surface area contributed by atoms with Gasteiger partial charge in [0.2, 0.25) is 5.91 Å². The fraction of sp³-hybridized carbons (Fsp3) is 0.909. The summed E-state index contributed by atoms with van der Waals surface area (Å²) in [7, 11) is 0. The Kier molecular flexibility index (Phi) is 6.54. The van der Waals surface area contributed by atoms with Gasteiger partial charge >= 0.3 is 0 Å². The predicted molar refractivity (Wildman–Crippen MR) is 57.9 cm³/mol. The Morgan fingerprint density at radius 1 is 1.29 bits per heavy atom. The van der Waals surface area contributed by atoms with Gasteiger partial charge in [0, 0.05) is 12.5 Å². The second kappa shape index (κ2) is 6.82. The molecule has 84 valence electrons. The van der Waals surface area contributed by atoms with E-state index in [1.165, 1.54) is 0 Å². The Morgan fingerprint density at radius 2 is 1.86 bits per heavy atom. The average molecular weight is 201 g/mol. The molecule has 2 atom stereocenters. The highest BCUT2D eigenvalue weighted by molar-refractivity contribution is 5.78. The average Bonchev–Trinajstić information content (AvgIpc) is 2.10. The van der Waals surface area contributed by atoms with E-state index < -0.39 is 0 Å². The highest BCUT2D eigenvalue weighted by Crippen LogP contribution is 2.09. The molecule has 0 aromatic carbocycles. The van der Waals surface area contributed by atoms with Crippen LogP contribution < -0.4 is 5.32 Å². The van der Waals surface area contributed by atoms with E-state index in [4.69, 9.17) is 5.11 Å². The summed E-state index contributed by atoms with van der Waals surface area (Å²) < 4.78 is 0. The van der Waals surface area contributed by atoms with Crippen molar-refractivity contribution in [2.24, 2.45) is 11.8 Å². The molecule has 0 rings (SSSR count). The lowest BCUT2D eigenvalue weighted by Crippen LogP contribution is -2.32. The Balaban J connectivity index is 3.54. The highest BCUT2D eigenvalue weighted by Gasteiger charge is 2.15. The molecule has 0 bridgehead atoms. The molecule has 3 heteroatoms. The monoisotopic (exact) mass is 201 g/mol. The fourth-order valence-electron chi connectivity index (χ4n) is 1.07. The van der Waals surface area contributed by atoms with E-state index >= 15 is 0 Å². The van der Waals surface area contributed by atoms with Crippen LogP contribution in [0.2, 0.25) is 0 Å². The SMILES string of the molecule is CC(O)CCCNC(=O)C(C)C(C)C. The Labute approximate surface area is 86.9 Å². The van der Waals surface area contributed by atoms with E-state index in [-0.39, 0.29) is 17.9 Å². The van der Waals surface area contributed by atoms with Gasteiger partial charge in [0.1, 0.15) is 0 Å². The molecule has 0 fully saturated rings. The zero-order valence-corrected chi connectivity index (χ0v) is 9.71. The van der Waals surface area contributed by atoms with E-state index in [0.29, 0.717) is 12.5 Å². The maximum Gasteiger partial charge on any atom is 0.223 e. The first-order chi connectivity index (χ1) is 6.45. The largest absolute Gasteiger partial charge is 0.393 e. The molecule has 2 N–H and O–H groups in total. The first-order valence-corrected chi connectivity index (χ1v) is 5.41. The highest BCUT2D eigenvalue weighted by atomic mass is 16.3. The van der Waals surface area contributed by atoms with Crippen molar-refractivity contribution in [1.82, 2.24) is 5.32 Å². The van der Waals surface area contributed by atoms with Gasteiger partial charge in [-0.3, -0.25) is 4.79 Å². The summed E-state index contributed by atoms with van der Waals surface area (Å²) in [6.45, 7) is 8.45. The third-order valence-electron chi connectivity index (χ3n) is 2.51. The minimum Gasteiger partial charge on any atom is -0.393 e. The van der Waals surface area contributed by atoms with Gasteiger partial charge in [-0.15, -0.1) is 0 Å². The van der Waals surface area contributed by atoms with Crippen LogP contribution >= 0.6 is 0 Å². The fourth-order valence-corrected chi connectivity index (χ4v) is 1.07. The van der Waals surface area contributed by atoms with E-state index in [1.807, 2.05) is 20.8 Å². The van der Waals surface area contributed by atoms with Gasteiger partial charge in [0.25, 0.3) is 0 Å². The first kappa shape index (κ1) is 13.4. The van der Waals surface area contributed by atoms with Crippen LogP contribution in [0.15, 0.2) is 0 Å². The molecule has 0 saturated heterocycles. The smallest absolute Gasteiger partial charge is 0.223 e. The van der Waals surface area contributed by atoms with Crippen LogP contribution in [0.5, 0.6) is 0 Å². The number of hydrogen-bond acceptors (Lipinski definition) is 2. The zero-order valence-electron chi connectivity index (χ0n) is 9.71. The van der Waals surface area contributed by atoms with Crippen molar-refractivity contribution in [3.63, 3.8) is 0 Å². The molecule has 0 radical (unpaired) electrons. The molecule has 1 amide bonds. The molecule has 14 heavy (non-hydrogen) atoms. The predicted octanol–water partition coefficient (Wildman–Crippen LogP) is 1.56. The second-order valence-corrected chi connectivity index (χ2v) is 4.31. The summed E-state index contributed by atoms with van der Waals surface area (Å²) >= 11 is 0. The minimum atomic E-state index is -0.269. The molecule has 0 saturated carbocycles. The molecule has 0 aliphatic rings. The van der Waals surface area contributed by atoms with Gasteiger partial charge in [0.05, 0.1) is 6.10 Å². The van der Waals surface area contributed by atoms with Gasteiger partial charge < -0.3 is 10.4 Å². The van der Waals surface area contributed by atoms with E-state index in [9.17, 15) is 4.79 Å². The summed E-state index contributed by atoms with van der Waals surface area (Å²) in [4.78, 5) is 11.5. The zero-order chi connectivity index (χ0) is 11.1. The summed E-state index contributed by atoms with van der Waals surface area (Å²) in [5.41, 5.74) is 0. The minimum absolute atomic E-state index is 0.0709. The van der Waals surface area contributed by atoms with Crippen molar-refractivity contribution in [3.05, 3.63) is 0 Å². The second-order valence-electron chi connectivity index (χ2n) is 4.31. The van der Waals surface area contributed by atoms with Gasteiger partial charge in [0.15, 0.2) is 0 Å². The molecule has 0 aliphatic carbocycles. The topological polar surface area (TPSA) is 49.3 Å². The molecule has 0 aliphatic heterocycles. The number of hydrogen-bond donors (Lipinski definition) is 2. The lowest BCUT2D eigenvalue weighted by atomic mass is 9.97. The Bertz CT molecular complexity index is 167. The lowest BCUT2D eigenvalue weighted by molar-refractivity contribution is -0.125. The van der Waals surface area contributed by atoms with E-state index in [1.54, 1.807) is 6.92 Å². The van der Waals surface area contributed by atoms with Gasteiger partial charge in [-0.25, -0.2) is 0 Å². The van der Waals surface area contributed by atoms with Crippen molar-refractivity contribution >= 4 is 5.91 Å². The van der Waals surface area contributed by atoms with Crippen LogP contribution in [0.25, 0.3) is 0 Å². The molecule has 0 spiro atoms. The molecular weight excluding hydrogens is 178 g/mol. The number of aliphatic hydroxyl groups is 1. The van der Waals surface area contributed by atoms with E-state index in [0.717, 1.165) is 12.8 Å². The quantitative estimate of drug-likeness (QED) is 0.641. The van der Waals surface area contributed by atoms with Crippen molar-refractivity contribution in [1.29, 1.82) is 0 Å². The normalized spacial score (nSPS) is 15.3. The van der Waals surface area contributed by atoms with E-state index in [2.05, 4.69) is 5.32 Å². The standard InChI is InChI=1S/C11H23NO2/c1-8(2)10(4)11(14)12-7-5-6-9(3)13/h8-10,13H,5-7H2,1-4H3,(H,12,14). The first-order valence-electron chi connectivity index (χ1n) is 5.41. The van der Waals surface area contributed by atoms with Crippen molar-refractivity contribution in [2.75, 3.05) is 6.54 Å². The number of carbonyl (C=O) groups is 1. The number of carbonyl (C=O) groups excluding carboxylic acids is 1. The van der Waals surface area contributed by atoms with Gasteiger partial charge in [-0.1, -0.05) is 20.8 Å². The van der Waals surface area contributed by atoms with Gasteiger partial charge in [-0.05, 0) is 25.7 Å². The third kappa shape index (κ3) is 5.97. The molecule has 2 unspecified atom stereocenters. The summed E-state index contributed by atoms with van der Waals surface area (Å²) in [6.07, 6.45) is 1.32. The Hall–Kier alpha value is -0.570. The summed E-state index contributed by atoms with van der Waals surface area (Å²) in [5, 5.41) is 11.9. The number of aliphatic hydroxyl groups excluding tert-OH is 1.